The monoisotopic (exact) mass is 225 g/mol. The maximum absolute atomic E-state index is 12.0. The summed E-state index contributed by atoms with van der Waals surface area (Å²) in [6.07, 6.45) is 5.07. The van der Waals surface area contributed by atoms with E-state index in [4.69, 9.17) is 5.26 Å². The molecule has 0 aliphatic rings. The molecule has 0 radical (unpaired) electrons. The van der Waals surface area contributed by atoms with E-state index in [0.717, 1.165) is 5.56 Å². The van der Waals surface area contributed by atoms with Crippen molar-refractivity contribution in [3.63, 3.8) is 0 Å². The summed E-state index contributed by atoms with van der Waals surface area (Å²) < 4.78 is 1.53. The first kappa shape index (κ1) is 11.1. The van der Waals surface area contributed by atoms with E-state index in [1.165, 1.54) is 4.57 Å². The van der Waals surface area contributed by atoms with E-state index in [1.54, 1.807) is 31.6 Å². The largest absolute Gasteiger partial charge is 0.310 e. The van der Waals surface area contributed by atoms with Gasteiger partial charge in [0.1, 0.15) is 11.6 Å². The van der Waals surface area contributed by atoms with Gasteiger partial charge in [-0.3, -0.25) is 9.78 Å². The van der Waals surface area contributed by atoms with Crippen molar-refractivity contribution in [2.75, 3.05) is 0 Å². The SMILES string of the molecule is Cc1ccn(Cc2ccncc2)c(=O)c1C#N. The van der Waals surface area contributed by atoms with Gasteiger partial charge in [-0.2, -0.15) is 5.26 Å². The van der Waals surface area contributed by atoms with Gasteiger partial charge in [0.2, 0.25) is 0 Å². The first-order valence-corrected chi connectivity index (χ1v) is 5.21. The van der Waals surface area contributed by atoms with Gasteiger partial charge < -0.3 is 4.57 Å². The van der Waals surface area contributed by atoms with Crippen molar-refractivity contribution in [1.82, 2.24) is 9.55 Å². The number of aromatic nitrogens is 2. The lowest BCUT2D eigenvalue weighted by molar-refractivity contribution is 0.753. The molecule has 17 heavy (non-hydrogen) atoms. The van der Waals surface area contributed by atoms with Crippen LogP contribution in [0.5, 0.6) is 0 Å². The highest BCUT2D eigenvalue weighted by Crippen LogP contribution is 2.03. The van der Waals surface area contributed by atoms with Crippen molar-refractivity contribution in [3.8, 4) is 6.07 Å². The molecule has 2 rings (SSSR count). The molecule has 0 aromatic carbocycles. The second-order valence-electron chi connectivity index (χ2n) is 3.77. The maximum Gasteiger partial charge on any atom is 0.269 e. The summed E-state index contributed by atoms with van der Waals surface area (Å²) in [5.74, 6) is 0. The fraction of sp³-hybridized carbons (Fsp3) is 0.154. The van der Waals surface area contributed by atoms with Crippen LogP contribution >= 0.6 is 0 Å². The Morgan fingerprint density at radius 3 is 2.71 bits per heavy atom. The number of nitrogens with zero attached hydrogens (tertiary/aromatic N) is 3. The summed E-state index contributed by atoms with van der Waals surface area (Å²) >= 11 is 0. The normalized spacial score (nSPS) is 9.88. The van der Waals surface area contributed by atoms with Crippen LogP contribution < -0.4 is 5.56 Å². The third kappa shape index (κ3) is 2.23. The molecule has 0 fully saturated rings. The zero-order chi connectivity index (χ0) is 12.3. The average Bonchev–Trinajstić information content (AvgIpc) is 2.35. The minimum atomic E-state index is -0.246. The molecule has 0 spiro atoms. The Kier molecular flexibility index (Phi) is 3.01. The predicted molar refractivity (Wildman–Crippen MR) is 63.5 cm³/mol. The Balaban J connectivity index is 2.43. The fourth-order valence-corrected chi connectivity index (χ4v) is 1.61. The highest BCUT2D eigenvalue weighted by Gasteiger charge is 2.06. The molecular weight excluding hydrogens is 214 g/mol. The number of pyridine rings is 2. The summed E-state index contributed by atoms with van der Waals surface area (Å²) in [6.45, 7) is 2.22. The van der Waals surface area contributed by atoms with Gasteiger partial charge in [-0.25, -0.2) is 0 Å². The van der Waals surface area contributed by atoms with Crippen LogP contribution in [0.15, 0.2) is 41.6 Å². The van der Waals surface area contributed by atoms with E-state index in [-0.39, 0.29) is 11.1 Å². The number of aryl methyl sites for hydroxylation is 1. The Bertz CT molecular complexity index is 623. The fourth-order valence-electron chi connectivity index (χ4n) is 1.61. The molecule has 0 N–H and O–H groups in total. The Labute approximate surface area is 98.8 Å². The van der Waals surface area contributed by atoms with E-state index < -0.39 is 0 Å². The number of rotatable bonds is 2. The van der Waals surface area contributed by atoms with Gasteiger partial charge in [0.15, 0.2) is 0 Å². The molecule has 0 aliphatic carbocycles. The van der Waals surface area contributed by atoms with Crippen molar-refractivity contribution in [2.45, 2.75) is 13.5 Å². The lowest BCUT2D eigenvalue weighted by atomic mass is 10.1. The summed E-state index contributed by atoms with van der Waals surface area (Å²) in [5.41, 5.74) is 1.66. The smallest absolute Gasteiger partial charge is 0.269 e. The molecule has 0 unspecified atom stereocenters. The van der Waals surface area contributed by atoms with E-state index in [1.807, 2.05) is 18.2 Å². The van der Waals surface area contributed by atoms with Crippen molar-refractivity contribution in [2.24, 2.45) is 0 Å². The second-order valence-corrected chi connectivity index (χ2v) is 3.77. The summed E-state index contributed by atoms with van der Waals surface area (Å²) in [6, 6.07) is 7.41. The van der Waals surface area contributed by atoms with Crippen LogP contribution in [-0.2, 0) is 6.54 Å². The first-order chi connectivity index (χ1) is 8.22. The Morgan fingerprint density at radius 2 is 2.06 bits per heavy atom. The van der Waals surface area contributed by atoms with E-state index >= 15 is 0 Å². The minimum Gasteiger partial charge on any atom is -0.310 e. The molecule has 0 saturated heterocycles. The van der Waals surface area contributed by atoms with Gasteiger partial charge in [0, 0.05) is 18.6 Å². The molecule has 0 bridgehead atoms. The predicted octanol–water partition coefficient (Wildman–Crippen LogP) is 1.47. The molecule has 0 amide bonds. The molecule has 4 nitrogen and oxygen atoms in total. The highest BCUT2D eigenvalue weighted by atomic mass is 16.1. The van der Waals surface area contributed by atoms with Crippen molar-refractivity contribution >= 4 is 0 Å². The molecule has 0 atom stereocenters. The van der Waals surface area contributed by atoms with Gasteiger partial charge in [-0.05, 0) is 36.2 Å². The zero-order valence-corrected chi connectivity index (χ0v) is 9.42. The van der Waals surface area contributed by atoms with Crippen LogP contribution in [0.25, 0.3) is 0 Å². The number of hydrogen-bond donors (Lipinski definition) is 0. The third-order valence-electron chi connectivity index (χ3n) is 2.59. The first-order valence-electron chi connectivity index (χ1n) is 5.21. The molecular formula is C13H11N3O. The van der Waals surface area contributed by atoms with Crippen molar-refractivity contribution < 1.29 is 0 Å². The second kappa shape index (κ2) is 4.62. The van der Waals surface area contributed by atoms with Crippen molar-refractivity contribution in [1.29, 1.82) is 5.26 Å². The molecule has 2 aromatic heterocycles. The van der Waals surface area contributed by atoms with Crippen LogP contribution in [0.3, 0.4) is 0 Å². The highest BCUT2D eigenvalue weighted by molar-refractivity contribution is 5.34. The molecule has 84 valence electrons. The van der Waals surface area contributed by atoms with Crippen LogP contribution in [0.2, 0.25) is 0 Å². The average molecular weight is 225 g/mol. The van der Waals surface area contributed by atoms with Gasteiger partial charge in [0.25, 0.3) is 5.56 Å². The van der Waals surface area contributed by atoms with Crippen molar-refractivity contribution in [3.05, 3.63) is 63.8 Å². The molecule has 2 aromatic rings. The van der Waals surface area contributed by atoms with E-state index in [9.17, 15) is 4.79 Å². The number of hydrogen-bond acceptors (Lipinski definition) is 3. The number of nitriles is 1. The van der Waals surface area contributed by atoms with Gasteiger partial charge >= 0.3 is 0 Å². The molecule has 0 aliphatic heterocycles. The Morgan fingerprint density at radius 1 is 1.35 bits per heavy atom. The molecule has 2 heterocycles. The summed E-state index contributed by atoms with van der Waals surface area (Å²) in [4.78, 5) is 15.9. The van der Waals surface area contributed by atoms with E-state index in [0.29, 0.717) is 12.1 Å². The molecule has 0 saturated carbocycles. The lowest BCUT2D eigenvalue weighted by Crippen LogP contribution is -2.23. The van der Waals surface area contributed by atoms with Gasteiger partial charge in [-0.1, -0.05) is 0 Å². The zero-order valence-electron chi connectivity index (χ0n) is 9.42. The lowest BCUT2D eigenvalue weighted by Gasteiger charge is -2.07. The third-order valence-corrected chi connectivity index (χ3v) is 2.59. The molecule has 4 heteroatoms. The van der Waals surface area contributed by atoms with Crippen LogP contribution in [0.1, 0.15) is 16.7 Å². The standard InChI is InChI=1S/C13H11N3O/c1-10-4-7-16(13(17)12(10)8-14)9-11-2-5-15-6-3-11/h2-7H,9H2,1H3. The van der Waals surface area contributed by atoms with Crippen LogP contribution in [0, 0.1) is 18.3 Å². The maximum atomic E-state index is 12.0. The topological polar surface area (TPSA) is 58.7 Å². The van der Waals surface area contributed by atoms with E-state index in [2.05, 4.69) is 4.98 Å². The van der Waals surface area contributed by atoms with Gasteiger partial charge in [-0.15, -0.1) is 0 Å². The van der Waals surface area contributed by atoms with Crippen LogP contribution in [-0.4, -0.2) is 9.55 Å². The van der Waals surface area contributed by atoms with Gasteiger partial charge in [0.05, 0.1) is 6.54 Å². The quantitative estimate of drug-likeness (QED) is 0.777. The minimum absolute atomic E-state index is 0.210. The Hall–Kier alpha value is -2.41. The summed E-state index contributed by atoms with van der Waals surface area (Å²) in [7, 11) is 0. The summed E-state index contributed by atoms with van der Waals surface area (Å²) in [5, 5.41) is 8.92. The van der Waals surface area contributed by atoms with Crippen LogP contribution in [0.4, 0.5) is 0 Å².